The molecule has 0 radical (unpaired) electrons. The van der Waals surface area contributed by atoms with Gasteiger partial charge in [0, 0.05) is 23.1 Å². The van der Waals surface area contributed by atoms with Gasteiger partial charge in [-0.3, -0.25) is 4.90 Å². The van der Waals surface area contributed by atoms with Gasteiger partial charge in [-0.05, 0) is 44.0 Å². The number of nitrogens with two attached hydrogens (primary N) is 1. The van der Waals surface area contributed by atoms with Crippen LogP contribution in [0.3, 0.4) is 0 Å². The SMILES string of the molecule is CCC(N)C(c1cccc(Cl)c1)N(C)C1CCCCCC1. The Hall–Kier alpha value is -0.570. The van der Waals surface area contributed by atoms with Crippen LogP contribution >= 0.6 is 11.6 Å². The van der Waals surface area contributed by atoms with Crippen LogP contribution in [0.25, 0.3) is 0 Å². The van der Waals surface area contributed by atoms with E-state index >= 15 is 0 Å². The van der Waals surface area contributed by atoms with E-state index in [4.69, 9.17) is 17.3 Å². The first-order valence-corrected chi connectivity index (χ1v) is 8.74. The van der Waals surface area contributed by atoms with Gasteiger partial charge in [-0.1, -0.05) is 56.3 Å². The van der Waals surface area contributed by atoms with Crippen LogP contribution in [-0.4, -0.2) is 24.0 Å². The van der Waals surface area contributed by atoms with Crippen molar-refractivity contribution in [3.63, 3.8) is 0 Å². The molecule has 1 aliphatic carbocycles. The van der Waals surface area contributed by atoms with Crippen LogP contribution in [0, 0.1) is 0 Å². The summed E-state index contributed by atoms with van der Waals surface area (Å²) < 4.78 is 0. The van der Waals surface area contributed by atoms with Crippen LogP contribution in [-0.2, 0) is 0 Å². The van der Waals surface area contributed by atoms with Gasteiger partial charge in [0.25, 0.3) is 0 Å². The van der Waals surface area contributed by atoms with Crippen molar-refractivity contribution in [2.24, 2.45) is 5.73 Å². The second-order valence-corrected chi connectivity index (χ2v) is 6.82. The van der Waals surface area contributed by atoms with Crippen molar-refractivity contribution in [1.82, 2.24) is 4.90 Å². The van der Waals surface area contributed by atoms with E-state index in [0.717, 1.165) is 11.4 Å². The van der Waals surface area contributed by atoms with Crippen LogP contribution in [0.4, 0.5) is 0 Å². The molecular weight excluding hydrogens is 280 g/mol. The maximum absolute atomic E-state index is 6.46. The fourth-order valence-electron chi connectivity index (χ4n) is 3.59. The van der Waals surface area contributed by atoms with Gasteiger partial charge in [0.15, 0.2) is 0 Å². The average Bonchev–Trinajstić information content (AvgIpc) is 2.76. The normalized spacial score (nSPS) is 20.2. The second kappa shape index (κ2) is 8.17. The monoisotopic (exact) mass is 308 g/mol. The number of rotatable bonds is 5. The van der Waals surface area contributed by atoms with E-state index in [-0.39, 0.29) is 12.1 Å². The first kappa shape index (κ1) is 16.8. The minimum absolute atomic E-state index is 0.150. The van der Waals surface area contributed by atoms with E-state index in [1.54, 1.807) is 0 Å². The topological polar surface area (TPSA) is 29.3 Å². The summed E-state index contributed by atoms with van der Waals surface area (Å²) in [5, 5.41) is 0.801. The van der Waals surface area contributed by atoms with Crippen molar-refractivity contribution >= 4 is 11.6 Å². The van der Waals surface area contributed by atoms with Gasteiger partial charge in [0.2, 0.25) is 0 Å². The van der Waals surface area contributed by atoms with Crippen molar-refractivity contribution < 1.29 is 0 Å². The smallest absolute Gasteiger partial charge is 0.0499 e. The number of hydrogen-bond acceptors (Lipinski definition) is 2. The van der Waals surface area contributed by atoms with Crippen molar-refractivity contribution in [3.05, 3.63) is 34.9 Å². The van der Waals surface area contributed by atoms with Crippen molar-refractivity contribution in [1.29, 1.82) is 0 Å². The van der Waals surface area contributed by atoms with Crippen molar-refractivity contribution in [3.8, 4) is 0 Å². The first-order chi connectivity index (χ1) is 10.1. The number of hydrogen-bond donors (Lipinski definition) is 1. The maximum Gasteiger partial charge on any atom is 0.0499 e. The minimum atomic E-state index is 0.150. The Morgan fingerprint density at radius 2 is 1.90 bits per heavy atom. The molecule has 118 valence electrons. The Morgan fingerprint density at radius 3 is 2.48 bits per heavy atom. The predicted octanol–water partition coefficient (Wildman–Crippen LogP) is 4.77. The molecule has 0 aromatic heterocycles. The molecule has 2 unspecified atom stereocenters. The van der Waals surface area contributed by atoms with E-state index in [1.165, 1.54) is 44.1 Å². The van der Waals surface area contributed by atoms with E-state index in [2.05, 4.69) is 31.0 Å². The molecule has 1 aliphatic rings. The van der Waals surface area contributed by atoms with Crippen molar-refractivity contribution in [2.45, 2.75) is 70.0 Å². The number of benzene rings is 1. The minimum Gasteiger partial charge on any atom is -0.326 e. The molecule has 0 bridgehead atoms. The fourth-order valence-corrected chi connectivity index (χ4v) is 3.79. The lowest BCUT2D eigenvalue weighted by molar-refractivity contribution is 0.135. The highest BCUT2D eigenvalue weighted by Gasteiger charge is 2.28. The zero-order chi connectivity index (χ0) is 15.2. The number of halogens is 1. The summed E-state index contributed by atoms with van der Waals surface area (Å²) in [6.45, 7) is 2.17. The van der Waals surface area contributed by atoms with E-state index in [0.29, 0.717) is 6.04 Å². The Morgan fingerprint density at radius 1 is 1.24 bits per heavy atom. The zero-order valence-corrected chi connectivity index (χ0v) is 14.1. The van der Waals surface area contributed by atoms with Gasteiger partial charge in [-0.25, -0.2) is 0 Å². The van der Waals surface area contributed by atoms with Gasteiger partial charge < -0.3 is 5.73 Å². The molecule has 0 spiro atoms. The van der Waals surface area contributed by atoms with Crippen molar-refractivity contribution in [2.75, 3.05) is 7.05 Å². The largest absolute Gasteiger partial charge is 0.326 e. The summed E-state index contributed by atoms with van der Waals surface area (Å²) in [5.74, 6) is 0. The van der Waals surface area contributed by atoms with Crippen LogP contribution < -0.4 is 5.73 Å². The lowest BCUT2D eigenvalue weighted by Crippen LogP contribution is -2.43. The molecule has 0 heterocycles. The Labute approximate surface area is 134 Å². The second-order valence-electron chi connectivity index (χ2n) is 6.38. The van der Waals surface area contributed by atoms with Crippen LogP contribution in [0.15, 0.2) is 24.3 Å². The lowest BCUT2D eigenvalue weighted by Gasteiger charge is -2.38. The molecule has 2 nitrogen and oxygen atoms in total. The standard InChI is InChI=1S/C18H29ClN2/c1-3-17(20)18(14-9-8-10-15(19)13-14)21(2)16-11-6-4-5-7-12-16/h8-10,13,16-18H,3-7,11-12,20H2,1-2H3. The zero-order valence-electron chi connectivity index (χ0n) is 13.4. The lowest BCUT2D eigenvalue weighted by atomic mass is 9.94. The predicted molar refractivity (Wildman–Crippen MR) is 91.7 cm³/mol. The Balaban J connectivity index is 2.22. The summed E-state index contributed by atoms with van der Waals surface area (Å²) in [7, 11) is 2.25. The molecule has 3 heteroatoms. The summed E-state index contributed by atoms with van der Waals surface area (Å²) in [6.07, 6.45) is 9.03. The van der Waals surface area contributed by atoms with Gasteiger partial charge in [-0.2, -0.15) is 0 Å². The molecule has 2 N–H and O–H groups in total. The van der Waals surface area contributed by atoms with Gasteiger partial charge in [0.1, 0.15) is 0 Å². The van der Waals surface area contributed by atoms with E-state index < -0.39 is 0 Å². The summed E-state index contributed by atoms with van der Waals surface area (Å²) >= 11 is 6.19. The molecule has 1 fully saturated rings. The highest BCUT2D eigenvalue weighted by atomic mass is 35.5. The summed E-state index contributed by atoms with van der Waals surface area (Å²) in [6, 6.07) is 9.27. The van der Waals surface area contributed by atoms with Crippen LogP contribution in [0.2, 0.25) is 5.02 Å². The molecule has 0 saturated heterocycles. The fraction of sp³-hybridized carbons (Fsp3) is 0.667. The highest BCUT2D eigenvalue weighted by Crippen LogP contribution is 2.31. The van der Waals surface area contributed by atoms with Crippen LogP contribution in [0.5, 0.6) is 0 Å². The molecular formula is C18H29ClN2. The number of nitrogens with zero attached hydrogens (tertiary/aromatic N) is 1. The van der Waals surface area contributed by atoms with Gasteiger partial charge in [-0.15, -0.1) is 0 Å². The molecule has 0 amide bonds. The summed E-state index contributed by atoms with van der Waals surface area (Å²) in [5.41, 5.74) is 7.71. The quantitative estimate of drug-likeness (QED) is 0.794. The Kier molecular flexibility index (Phi) is 6.53. The third-order valence-electron chi connectivity index (χ3n) is 4.91. The third-order valence-corrected chi connectivity index (χ3v) is 5.14. The van der Waals surface area contributed by atoms with Gasteiger partial charge >= 0.3 is 0 Å². The summed E-state index contributed by atoms with van der Waals surface area (Å²) in [4.78, 5) is 2.52. The third kappa shape index (κ3) is 4.45. The molecule has 1 aromatic carbocycles. The van der Waals surface area contributed by atoms with E-state index in [9.17, 15) is 0 Å². The molecule has 0 aliphatic heterocycles. The van der Waals surface area contributed by atoms with Gasteiger partial charge in [0.05, 0.1) is 0 Å². The van der Waals surface area contributed by atoms with E-state index in [1.807, 2.05) is 12.1 Å². The Bertz CT molecular complexity index is 427. The van der Waals surface area contributed by atoms with Crippen LogP contribution in [0.1, 0.15) is 63.5 Å². The molecule has 2 rings (SSSR count). The molecule has 21 heavy (non-hydrogen) atoms. The molecule has 1 saturated carbocycles. The number of likely N-dealkylation sites (N-methyl/N-ethyl adjacent to an activating group) is 1. The maximum atomic E-state index is 6.46. The average molecular weight is 309 g/mol. The highest BCUT2D eigenvalue weighted by molar-refractivity contribution is 6.30. The molecule has 1 aromatic rings. The molecule has 2 atom stereocenters. The first-order valence-electron chi connectivity index (χ1n) is 8.36.